The van der Waals surface area contributed by atoms with Crippen molar-refractivity contribution in [2.45, 2.75) is 78.0 Å². The number of alkyl carbamates (subject to hydrolysis) is 3. The highest BCUT2D eigenvalue weighted by atomic mass is 19.4. The number of carbonyl (C=O) groups is 4. The van der Waals surface area contributed by atoms with Crippen molar-refractivity contribution >= 4 is 35.9 Å². The second-order valence-electron chi connectivity index (χ2n) is 11.4. The van der Waals surface area contributed by atoms with Gasteiger partial charge in [0, 0.05) is 0 Å². The molecule has 3 amide bonds. The van der Waals surface area contributed by atoms with E-state index in [-0.39, 0.29) is 24.0 Å². The summed E-state index contributed by atoms with van der Waals surface area (Å²) in [5.74, 6) is -2.55. The van der Waals surface area contributed by atoms with E-state index in [0.29, 0.717) is 12.5 Å². The summed E-state index contributed by atoms with van der Waals surface area (Å²) >= 11 is 0. The lowest BCUT2D eigenvalue weighted by Gasteiger charge is -2.30. The number of amides is 3. The van der Waals surface area contributed by atoms with Crippen LogP contribution in [0, 0.1) is 0 Å². The van der Waals surface area contributed by atoms with E-state index in [1.54, 1.807) is 77.2 Å². The Hall–Kier alpha value is -4.82. The quantitative estimate of drug-likeness (QED) is 0.118. The van der Waals surface area contributed by atoms with Crippen molar-refractivity contribution in [1.82, 2.24) is 16.0 Å². The SMILES string of the molecule is CC(C)(C)OC(=O)NC(=Nc1ccc(OC(=O)C(C)(NC(=O)OCc2ccccc2)C(F)(F)F)cc1)NC(=O)OC(C)(C)C. The average Bonchev–Trinajstić information content (AvgIpc) is 2.86. The molecule has 15 heteroatoms. The smallest absolute Gasteiger partial charge is 0.422 e. The average molecular weight is 625 g/mol. The Balaban J connectivity index is 2.19. The third kappa shape index (κ3) is 11.8. The van der Waals surface area contributed by atoms with Gasteiger partial charge in [0.25, 0.3) is 0 Å². The van der Waals surface area contributed by atoms with E-state index in [0.717, 1.165) is 12.1 Å². The maximum absolute atomic E-state index is 13.9. The van der Waals surface area contributed by atoms with Crippen molar-refractivity contribution in [3.05, 3.63) is 60.2 Å². The number of halogens is 3. The third-order valence-corrected chi connectivity index (χ3v) is 5.07. The fourth-order valence-corrected chi connectivity index (χ4v) is 3.02. The summed E-state index contributed by atoms with van der Waals surface area (Å²) in [5.41, 5.74) is -4.60. The summed E-state index contributed by atoms with van der Waals surface area (Å²) in [6, 6.07) is 12.9. The van der Waals surface area contributed by atoms with Gasteiger partial charge in [-0.15, -0.1) is 0 Å². The molecule has 240 valence electrons. The molecular weight excluding hydrogens is 589 g/mol. The van der Waals surface area contributed by atoms with Crippen LogP contribution in [0.2, 0.25) is 0 Å². The van der Waals surface area contributed by atoms with Crippen LogP contribution in [-0.4, -0.2) is 53.1 Å². The summed E-state index contributed by atoms with van der Waals surface area (Å²) in [5, 5.41) is 6.09. The largest absolute Gasteiger partial charge is 0.445 e. The van der Waals surface area contributed by atoms with Crippen molar-refractivity contribution < 1.29 is 51.3 Å². The first-order valence-corrected chi connectivity index (χ1v) is 13.1. The molecule has 0 aliphatic heterocycles. The zero-order valence-electron chi connectivity index (χ0n) is 25.3. The molecule has 0 aliphatic rings. The number of aliphatic imine (C=N–C) groups is 1. The second-order valence-corrected chi connectivity index (χ2v) is 11.4. The van der Waals surface area contributed by atoms with Crippen molar-refractivity contribution in [3.8, 4) is 5.75 Å². The number of hydrogen-bond acceptors (Lipinski definition) is 9. The Morgan fingerprint density at radius 1 is 0.727 bits per heavy atom. The highest BCUT2D eigenvalue weighted by Crippen LogP contribution is 2.32. The predicted octanol–water partition coefficient (Wildman–Crippen LogP) is 5.88. The van der Waals surface area contributed by atoms with Gasteiger partial charge in [-0.3, -0.25) is 16.0 Å². The number of rotatable bonds is 6. The standard InChI is InChI=1S/C29H35F3N4O8/c1-26(2,3)43-23(38)34-22(35-24(39)44-27(4,5)6)33-19-13-15-20(16-14-19)42-21(37)28(7,29(30,31)32)36-25(40)41-17-18-11-9-8-10-12-18/h8-16H,17H2,1-7H3,(H,36,40)(H2,33,34,35,38,39). The molecule has 2 aromatic carbocycles. The molecule has 0 aromatic heterocycles. The molecular formula is C29H35F3N4O8. The molecule has 2 aromatic rings. The topological polar surface area (TPSA) is 154 Å². The van der Waals surface area contributed by atoms with E-state index in [4.69, 9.17) is 18.9 Å². The number of nitrogens with zero attached hydrogens (tertiary/aromatic N) is 1. The highest BCUT2D eigenvalue weighted by Gasteiger charge is 2.60. The predicted molar refractivity (Wildman–Crippen MR) is 152 cm³/mol. The van der Waals surface area contributed by atoms with Crippen LogP contribution in [0.3, 0.4) is 0 Å². The minimum absolute atomic E-state index is 0.0770. The lowest BCUT2D eigenvalue weighted by molar-refractivity contribution is -0.202. The fraction of sp³-hybridized carbons (Fsp3) is 0.414. The first-order chi connectivity index (χ1) is 20.2. The van der Waals surface area contributed by atoms with Gasteiger partial charge in [-0.1, -0.05) is 30.3 Å². The van der Waals surface area contributed by atoms with Gasteiger partial charge < -0.3 is 18.9 Å². The van der Waals surface area contributed by atoms with Crippen LogP contribution in [0.25, 0.3) is 0 Å². The molecule has 44 heavy (non-hydrogen) atoms. The molecule has 12 nitrogen and oxygen atoms in total. The lowest BCUT2D eigenvalue weighted by Crippen LogP contribution is -2.63. The third-order valence-electron chi connectivity index (χ3n) is 5.07. The van der Waals surface area contributed by atoms with Crippen molar-refractivity contribution in [2.75, 3.05) is 0 Å². The number of esters is 1. The summed E-state index contributed by atoms with van der Waals surface area (Å²) in [4.78, 5) is 53.5. The van der Waals surface area contributed by atoms with Gasteiger partial charge in [0.1, 0.15) is 23.6 Å². The Morgan fingerprint density at radius 3 is 1.68 bits per heavy atom. The first-order valence-electron chi connectivity index (χ1n) is 13.1. The van der Waals surface area contributed by atoms with Gasteiger partial charge in [0.05, 0.1) is 5.69 Å². The zero-order valence-corrected chi connectivity index (χ0v) is 25.3. The van der Waals surface area contributed by atoms with Gasteiger partial charge in [-0.05, 0) is 78.3 Å². The summed E-state index contributed by atoms with van der Waals surface area (Å²) < 4.78 is 61.8. The van der Waals surface area contributed by atoms with E-state index in [2.05, 4.69) is 15.6 Å². The Morgan fingerprint density at radius 2 is 1.23 bits per heavy atom. The van der Waals surface area contributed by atoms with E-state index in [9.17, 15) is 32.3 Å². The molecule has 1 atom stereocenters. The number of guanidine groups is 1. The maximum atomic E-state index is 13.9. The van der Waals surface area contributed by atoms with E-state index in [1.165, 1.54) is 12.1 Å². The van der Waals surface area contributed by atoms with Crippen LogP contribution < -0.4 is 20.7 Å². The molecule has 0 radical (unpaired) electrons. The summed E-state index contributed by atoms with van der Waals surface area (Å²) in [6.07, 6.45) is -8.63. The highest BCUT2D eigenvalue weighted by molar-refractivity contribution is 6.02. The van der Waals surface area contributed by atoms with Gasteiger partial charge in [-0.2, -0.15) is 13.2 Å². The molecule has 0 bridgehead atoms. The van der Waals surface area contributed by atoms with Gasteiger partial charge in [0.15, 0.2) is 0 Å². The van der Waals surface area contributed by atoms with Gasteiger partial charge in [-0.25, -0.2) is 24.2 Å². The number of carbonyl (C=O) groups excluding carboxylic acids is 4. The maximum Gasteiger partial charge on any atom is 0.422 e. The molecule has 3 N–H and O–H groups in total. The number of ether oxygens (including phenoxy) is 4. The molecule has 0 aliphatic carbocycles. The monoisotopic (exact) mass is 624 g/mol. The Bertz CT molecular complexity index is 1320. The lowest BCUT2D eigenvalue weighted by atomic mass is 10.0. The molecule has 0 saturated heterocycles. The second kappa shape index (κ2) is 14.1. The van der Waals surface area contributed by atoms with Gasteiger partial charge in [0.2, 0.25) is 11.5 Å². The Labute approximate surface area is 252 Å². The number of hydrogen-bond donors (Lipinski definition) is 3. The molecule has 0 heterocycles. The number of alkyl halides is 3. The summed E-state index contributed by atoms with van der Waals surface area (Å²) in [7, 11) is 0. The van der Waals surface area contributed by atoms with Crippen LogP contribution >= 0.6 is 0 Å². The minimum Gasteiger partial charge on any atom is -0.445 e. The molecule has 0 fully saturated rings. The molecule has 1 unspecified atom stereocenters. The van der Waals surface area contributed by atoms with Crippen LogP contribution in [0.5, 0.6) is 5.75 Å². The first kappa shape index (κ1) is 35.4. The molecule has 2 rings (SSSR count). The normalized spacial score (nSPS) is 13.0. The number of benzene rings is 2. The Kier molecular flexibility index (Phi) is 11.3. The fourth-order valence-electron chi connectivity index (χ4n) is 3.02. The summed E-state index contributed by atoms with van der Waals surface area (Å²) in [6.45, 7) is 9.85. The van der Waals surface area contributed by atoms with E-state index >= 15 is 0 Å². The van der Waals surface area contributed by atoms with E-state index in [1.807, 2.05) is 0 Å². The van der Waals surface area contributed by atoms with E-state index < -0.39 is 47.2 Å². The van der Waals surface area contributed by atoms with Gasteiger partial charge >= 0.3 is 30.4 Å². The van der Waals surface area contributed by atoms with Crippen molar-refractivity contribution in [3.63, 3.8) is 0 Å². The number of nitrogens with one attached hydrogen (secondary N) is 3. The zero-order chi connectivity index (χ0) is 33.3. The molecule has 0 saturated carbocycles. The van der Waals surface area contributed by atoms with Crippen LogP contribution in [0.4, 0.5) is 33.2 Å². The minimum atomic E-state index is -5.25. The van der Waals surface area contributed by atoms with Crippen molar-refractivity contribution in [2.24, 2.45) is 4.99 Å². The van der Waals surface area contributed by atoms with Crippen molar-refractivity contribution in [1.29, 1.82) is 0 Å². The van der Waals surface area contributed by atoms with Crippen LogP contribution in [-0.2, 0) is 25.6 Å². The molecule has 0 spiro atoms. The van der Waals surface area contributed by atoms with Crippen LogP contribution in [0.15, 0.2) is 59.6 Å². The van der Waals surface area contributed by atoms with Crippen LogP contribution in [0.1, 0.15) is 54.0 Å².